The van der Waals surface area contributed by atoms with Gasteiger partial charge in [-0.2, -0.15) is 0 Å². The molecule has 0 aromatic heterocycles. The van der Waals surface area contributed by atoms with Gasteiger partial charge in [0.15, 0.2) is 0 Å². The Hall–Kier alpha value is -1.40. The molecule has 0 unspecified atom stereocenters. The summed E-state index contributed by atoms with van der Waals surface area (Å²) in [5, 5.41) is 5.73. The van der Waals surface area contributed by atoms with Gasteiger partial charge in [-0.1, -0.05) is 15.9 Å². The molecular formula is C14H20BrN3O2. The van der Waals surface area contributed by atoms with Gasteiger partial charge in [0.25, 0.3) is 5.91 Å². The summed E-state index contributed by atoms with van der Waals surface area (Å²) in [5.41, 5.74) is 0.587. The molecule has 1 rings (SSSR count). The lowest BCUT2D eigenvalue weighted by molar-refractivity contribution is -0.129. The molecule has 0 saturated carbocycles. The molecule has 0 aliphatic carbocycles. The number of halogens is 1. The number of rotatable bonds is 7. The number of benzene rings is 1. The molecule has 110 valence electrons. The lowest BCUT2D eigenvalue weighted by Crippen LogP contribution is -2.35. The Labute approximate surface area is 127 Å². The molecule has 6 heteroatoms. The quantitative estimate of drug-likeness (QED) is 0.784. The van der Waals surface area contributed by atoms with Crippen LogP contribution in [0.2, 0.25) is 0 Å². The van der Waals surface area contributed by atoms with Crippen molar-refractivity contribution >= 4 is 27.7 Å². The zero-order chi connectivity index (χ0) is 15.0. The van der Waals surface area contributed by atoms with E-state index in [1.54, 1.807) is 24.1 Å². The predicted octanol–water partition coefficient (Wildman–Crippen LogP) is 1.25. The molecule has 0 radical (unpaired) electrons. The van der Waals surface area contributed by atoms with Gasteiger partial charge in [-0.3, -0.25) is 9.59 Å². The fraction of sp³-hybridized carbons (Fsp3) is 0.429. The van der Waals surface area contributed by atoms with E-state index < -0.39 is 0 Å². The van der Waals surface area contributed by atoms with Gasteiger partial charge >= 0.3 is 0 Å². The maximum Gasteiger partial charge on any atom is 0.251 e. The van der Waals surface area contributed by atoms with E-state index in [0.29, 0.717) is 25.1 Å². The second-order valence-corrected chi connectivity index (χ2v) is 5.35. The van der Waals surface area contributed by atoms with E-state index in [0.717, 1.165) is 11.0 Å². The van der Waals surface area contributed by atoms with Crippen LogP contribution < -0.4 is 10.6 Å². The molecule has 0 bridgehead atoms. The normalized spacial score (nSPS) is 10.2. The molecule has 0 saturated heterocycles. The minimum atomic E-state index is -0.164. The van der Waals surface area contributed by atoms with Crippen molar-refractivity contribution in [2.24, 2.45) is 0 Å². The van der Waals surface area contributed by atoms with Crippen molar-refractivity contribution in [1.82, 2.24) is 15.5 Å². The highest BCUT2D eigenvalue weighted by Crippen LogP contribution is 2.10. The molecule has 0 aliphatic rings. The van der Waals surface area contributed by atoms with Crippen molar-refractivity contribution in [2.45, 2.75) is 6.42 Å². The highest BCUT2D eigenvalue weighted by molar-refractivity contribution is 9.10. The van der Waals surface area contributed by atoms with E-state index in [9.17, 15) is 9.59 Å². The van der Waals surface area contributed by atoms with Gasteiger partial charge in [-0.05, 0) is 31.3 Å². The lowest BCUT2D eigenvalue weighted by atomic mass is 10.2. The number of carbonyl (C=O) groups excluding carboxylic acids is 2. The number of hydrogen-bond acceptors (Lipinski definition) is 3. The predicted molar refractivity (Wildman–Crippen MR) is 82.7 cm³/mol. The first-order valence-electron chi connectivity index (χ1n) is 6.47. The van der Waals surface area contributed by atoms with Crippen LogP contribution in [0.3, 0.4) is 0 Å². The van der Waals surface area contributed by atoms with E-state index in [4.69, 9.17) is 0 Å². The summed E-state index contributed by atoms with van der Waals surface area (Å²) in [5.74, 6) is -0.139. The van der Waals surface area contributed by atoms with Gasteiger partial charge < -0.3 is 15.5 Å². The van der Waals surface area contributed by atoms with E-state index in [2.05, 4.69) is 26.6 Å². The van der Waals surface area contributed by atoms with E-state index >= 15 is 0 Å². The molecule has 20 heavy (non-hydrogen) atoms. The Bertz CT molecular complexity index is 448. The maximum absolute atomic E-state index is 11.8. The van der Waals surface area contributed by atoms with Crippen LogP contribution in [0.1, 0.15) is 16.8 Å². The minimum Gasteiger partial charge on any atom is -0.352 e. The van der Waals surface area contributed by atoms with Crippen LogP contribution in [0.25, 0.3) is 0 Å². The Morgan fingerprint density at radius 3 is 2.45 bits per heavy atom. The van der Waals surface area contributed by atoms with Crippen LogP contribution in [0, 0.1) is 0 Å². The number of carbonyl (C=O) groups is 2. The highest BCUT2D eigenvalue weighted by atomic mass is 79.9. The molecule has 0 fully saturated rings. The largest absolute Gasteiger partial charge is 0.352 e. The first kappa shape index (κ1) is 16.7. The van der Waals surface area contributed by atoms with E-state index in [1.807, 2.05) is 19.2 Å². The number of nitrogens with one attached hydrogen (secondary N) is 2. The minimum absolute atomic E-state index is 0.0244. The van der Waals surface area contributed by atoms with Gasteiger partial charge in [0.1, 0.15) is 0 Å². The van der Waals surface area contributed by atoms with E-state index in [-0.39, 0.29) is 11.8 Å². The molecule has 2 N–H and O–H groups in total. The zero-order valence-electron chi connectivity index (χ0n) is 11.8. The van der Waals surface area contributed by atoms with Crippen molar-refractivity contribution in [3.05, 3.63) is 34.3 Å². The van der Waals surface area contributed by atoms with Gasteiger partial charge in [-0.25, -0.2) is 0 Å². The molecule has 0 spiro atoms. The second-order valence-electron chi connectivity index (χ2n) is 4.43. The summed E-state index contributed by atoms with van der Waals surface area (Å²) in [7, 11) is 3.60. The molecule has 1 aromatic carbocycles. The van der Waals surface area contributed by atoms with Crippen molar-refractivity contribution in [3.63, 3.8) is 0 Å². The van der Waals surface area contributed by atoms with Gasteiger partial charge in [-0.15, -0.1) is 0 Å². The Morgan fingerprint density at radius 2 is 1.85 bits per heavy atom. The third-order valence-electron chi connectivity index (χ3n) is 2.85. The Morgan fingerprint density at radius 1 is 1.20 bits per heavy atom. The van der Waals surface area contributed by atoms with Crippen LogP contribution >= 0.6 is 15.9 Å². The summed E-state index contributed by atoms with van der Waals surface area (Å²) in [6.45, 7) is 1.76. The topological polar surface area (TPSA) is 61.4 Å². The van der Waals surface area contributed by atoms with Crippen LogP contribution in [-0.2, 0) is 4.79 Å². The average molecular weight is 342 g/mol. The summed E-state index contributed by atoms with van der Waals surface area (Å²) in [6.07, 6.45) is 0.308. The lowest BCUT2D eigenvalue weighted by Gasteiger charge is -2.16. The Kier molecular flexibility index (Phi) is 7.25. The Balaban J connectivity index is 2.31. The second kappa shape index (κ2) is 8.71. The maximum atomic E-state index is 11.8. The summed E-state index contributed by atoms with van der Waals surface area (Å²) >= 11 is 3.32. The van der Waals surface area contributed by atoms with Crippen molar-refractivity contribution in [3.8, 4) is 0 Å². The van der Waals surface area contributed by atoms with Crippen LogP contribution in [0.4, 0.5) is 0 Å². The SMILES string of the molecule is CNCCN(C)C(=O)CCNC(=O)c1ccc(Br)cc1. The molecule has 5 nitrogen and oxygen atoms in total. The van der Waals surface area contributed by atoms with Crippen LogP contribution in [0.5, 0.6) is 0 Å². The zero-order valence-corrected chi connectivity index (χ0v) is 13.4. The first-order chi connectivity index (χ1) is 9.54. The molecule has 2 amide bonds. The van der Waals surface area contributed by atoms with Crippen LogP contribution in [-0.4, -0.2) is 50.4 Å². The standard InChI is InChI=1S/C14H20BrN3O2/c1-16-9-10-18(2)13(19)7-8-17-14(20)11-3-5-12(15)6-4-11/h3-6,16H,7-10H2,1-2H3,(H,17,20). The van der Waals surface area contributed by atoms with E-state index in [1.165, 1.54) is 0 Å². The third-order valence-corrected chi connectivity index (χ3v) is 3.38. The molecule has 1 aromatic rings. The van der Waals surface area contributed by atoms with Crippen LogP contribution in [0.15, 0.2) is 28.7 Å². The smallest absolute Gasteiger partial charge is 0.251 e. The van der Waals surface area contributed by atoms with Crippen molar-refractivity contribution in [2.75, 3.05) is 33.7 Å². The third kappa shape index (κ3) is 5.71. The van der Waals surface area contributed by atoms with Gasteiger partial charge in [0.05, 0.1) is 0 Å². The molecule has 0 heterocycles. The monoisotopic (exact) mass is 341 g/mol. The number of hydrogen-bond donors (Lipinski definition) is 2. The fourth-order valence-electron chi connectivity index (χ4n) is 1.58. The fourth-order valence-corrected chi connectivity index (χ4v) is 1.85. The first-order valence-corrected chi connectivity index (χ1v) is 7.26. The summed E-state index contributed by atoms with van der Waals surface area (Å²) < 4.78 is 0.926. The average Bonchev–Trinajstić information content (AvgIpc) is 2.45. The molecule has 0 aliphatic heterocycles. The van der Waals surface area contributed by atoms with Crippen molar-refractivity contribution in [1.29, 1.82) is 0 Å². The number of amides is 2. The number of nitrogens with zero attached hydrogens (tertiary/aromatic N) is 1. The molecule has 0 atom stereocenters. The highest BCUT2D eigenvalue weighted by Gasteiger charge is 2.09. The molecular weight excluding hydrogens is 322 g/mol. The summed E-state index contributed by atoms with van der Waals surface area (Å²) in [6, 6.07) is 7.09. The van der Waals surface area contributed by atoms with Gasteiger partial charge in [0, 0.05) is 43.1 Å². The van der Waals surface area contributed by atoms with Gasteiger partial charge in [0.2, 0.25) is 5.91 Å². The summed E-state index contributed by atoms with van der Waals surface area (Å²) in [4.78, 5) is 25.2. The van der Waals surface area contributed by atoms with Crippen molar-refractivity contribution < 1.29 is 9.59 Å². The number of likely N-dealkylation sites (N-methyl/N-ethyl adjacent to an activating group) is 2.